The number of halogens is 3. The van der Waals surface area contributed by atoms with Crippen molar-refractivity contribution < 1.29 is 9.90 Å². The number of hydrogen-bond donors (Lipinski definition) is 1. The number of alkyl halides is 3. The quantitative estimate of drug-likeness (QED) is 0.664. The first-order valence-electron chi connectivity index (χ1n) is 3.94. The molecule has 0 saturated carbocycles. The number of aliphatic carboxylic acids is 1. The number of carboxylic acid groups (broad SMARTS) is 1. The zero-order chi connectivity index (χ0) is 12.5. The maximum Gasteiger partial charge on any atom is 0.338 e. The molecule has 0 spiro atoms. The summed E-state index contributed by atoms with van der Waals surface area (Å²) in [4.78, 5) is 22.0. The average molecular weight is 283 g/mol. The molecule has 0 aromatic carbocycles. The Labute approximate surface area is 106 Å². The fourth-order valence-electron chi connectivity index (χ4n) is 0.839. The van der Waals surface area contributed by atoms with Gasteiger partial charge in [-0.25, -0.2) is 19.7 Å². The lowest BCUT2D eigenvalue weighted by molar-refractivity contribution is -0.130. The van der Waals surface area contributed by atoms with Crippen molar-refractivity contribution in [3.05, 3.63) is 24.1 Å². The fraction of sp³-hybridized carbons (Fsp3) is 0.250. The van der Waals surface area contributed by atoms with Crippen molar-refractivity contribution in [3.63, 3.8) is 0 Å². The van der Waals surface area contributed by atoms with Gasteiger partial charge >= 0.3 is 5.97 Å². The molecular weight excluding hydrogens is 276 g/mol. The van der Waals surface area contributed by atoms with Crippen molar-refractivity contribution in [1.82, 2.24) is 15.0 Å². The fourth-order valence-corrected chi connectivity index (χ4v) is 1.09. The number of aromatic nitrogens is 3. The van der Waals surface area contributed by atoms with Crippen LogP contribution in [0.5, 0.6) is 0 Å². The number of carboxylic acids is 1. The second-order valence-electron chi connectivity index (χ2n) is 2.81. The molecule has 0 fully saturated rings. The number of aryl methyl sites for hydroxylation is 1. The Morgan fingerprint density at radius 1 is 1.31 bits per heavy atom. The van der Waals surface area contributed by atoms with Crippen molar-refractivity contribution in [2.24, 2.45) is 0 Å². The summed E-state index contributed by atoms with van der Waals surface area (Å²) in [5, 5.41) is 8.72. The van der Waals surface area contributed by atoms with Crippen LogP contribution in [0.25, 0.3) is 5.57 Å². The Morgan fingerprint density at radius 2 is 1.88 bits per heavy atom. The first-order valence-corrected chi connectivity index (χ1v) is 5.07. The molecule has 1 aromatic heterocycles. The topological polar surface area (TPSA) is 76.0 Å². The van der Waals surface area contributed by atoms with E-state index in [4.69, 9.17) is 39.9 Å². The molecule has 5 nitrogen and oxygen atoms in total. The number of nitrogens with zero attached hydrogens (tertiary/aromatic N) is 3. The van der Waals surface area contributed by atoms with Crippen LogP contribution in [-0.4, -0.2) is 26.0 Å². The Hall–Kier alpha value is -0.910. The number of hydrogen-bond acceptors (Lipinski definition) is 4. The molecule has 0 aliphatic carbocycles. The van der Waals surface area contributed by atoms with Gasteiger partial charge in [-0.05, 0) is 6.92 Å². The van der Waals surface area contributed by atoms with E-state index < -0.39 is 9.76 Å². The second-order valence-corrected chi connectivity index (χ2v) is 5.09. The lowest BCUT2D eigenvalue weighted by atomic mass is 10.3. The normalized spacial score (nSPS) is 11.2. The molecule has 0 saturated heterocycles. The van der Waals surface area contributed by atoms with Crippen LogP contribution in [0.15, 0.2) is 6.58 Å². The minimum absolute atomic E-state index is 0.124. The number of carbonyl (C=O) groups is 1. The van der Waals surface area contributed by atoms with Crippen molar-refractivity contribution in [2.75, 3.05) is 0 Å². The molecule has 86 valence electrons. The first-order chi connectivity index (χ1) is 7.21. The van der Waals surface area contributed by atoms with Gasteiger partial charge in [-0.15, -0.1) is 0 Å². The van der Waals surface area contributed by atoms with Crippen molar-refractivity contribution in [2.45, 2.75) is 10.7 Å². The van der Waals surface area contributed by atoms with E-state index in [1.807, 2.05) is 0 Å². The predicted molar refractivity (Wildman–Crippen MR) is 60.5 cm³/mol. The summed E-state index contributed by atoms with van der Waals surface area (Å²) in [5.41, 5.74) is -0.291. The van der Waals surface area contributed by atoms with Gasteiger partial charge in [-0.1, -0.05) is 41.4 Å². The van der Waals surface area contributed by atoms with Gasteiger partial charge in [0.2, 0.25) is 3.79 Å². The Kier molecular flexibility index (Phi) is 3.72. The summed E-state index contributed by atoms with van der Waals surface area (Å²) >= 11 is 16.8. The maximum absolute atomic E-state index is 10.7. The standard InChI is InChI=1S/C8H6Cl3N3O2/c1-3(6(15)16)5-12-4(2)13-7(14-5)8(9,10)11/h1H2,2H3,(H,15,16). The molecule has 0 aliphatic rings. The van der Waals surface area contributed by atoms with Crippen molar-refractivity contribution >= 4 is 46.3 Å². The van der Waals surface area contributed by atoms with Crippen molar-refractivity contribution in [1.29, 1.82) is 0 Å². The molecule has 0 unspecified atom stereocenters. The SMILES string of the molecule is C=C(C(=O)O)c1nc(C)nc(C(Cl)(Cl)Cl)n1. The minimum Gasteiger partial charge on any atom is -0.478 e. The third-order valence-electron chi connectivity index (χ3n) is 1.53. The molecule has 8 heteroatoms. The van der Waals surface area contributed by atoms with Gasteiger partial charge in [-0.2, -0.15) is 0 Å². The van der Waals surface area contributed by atoms with Gasteiger partial charge in [0.25, 0.3) is 0 Å². The summed E-state index contributed by atoms with van der Waals surface area (Å²) < 4.78 is -1.83. The van der Waals surface area contributed by atoms with Gasteiger partial charge < -0.3 is 5.11 Å². The van der Waals surface area contributed by atoms with E-state index in [9.17, 15) is 4.79 Å². The zero-order valence-corrected chi connectivity index (χ0v) is 10.3. The molecule has 1 aromatic rings. The van der Waals surface area contributed by atoms with Crippen LogP contribution in [0.3, 0.4) is 0 Å². The van der Waals surface area contributed by atoms with Gasteiger partial charge in [0.15, 0.2) is 11.6 Å². The lowest BCUT2D eigenvalue weighted by Crippen LogP contribution is -2.14. The molecule has 1 rings (SSSR count). The van der Waals surface area contributed by atoms with E-state index in [-0.39, 0.29) is 23.0 Å². The molecular formula is C8H6Cl3N3O2. The molecule has 0 aliphatic heterocycles. The summed E-state index contributed by atoms with van der Waals surface area (Å²) in [6.45, 7) is 4.84. The van der Waals surface area contributed by atoms with E-state index in [2.05, 4.69) is 21.5 Å². The summed E-state index contributed by atoms with van der Waals surface area (Å²) in [6, 6.07) is 0. The predicted octanol–water partition coefficient (Wildman–Crippen LogP) is 2.10. The van der Waals surface area contributed by atoms with E-state index in [1.54, 1.807) is 0 Å². The maximum atomic E-state index is 10.7. The van der Waals surface area contributed by atoms with Crippen LogP contribution in [0.2, 0.25) is 0 Å². The van der Waals surface area contributed by atoms with Crippen molar-refractivity contribution in [3.8, 4) is 0 Å². The van der Waals surface area contributed by atoms with Crippen LogP contribution in [0, 0.1) is 6.92 Å². The summed E-state index contributed by atoms with van der Waals surface area (Å²) in [7, 11) is 0. The lowest BCUT2D eigenvalue weighted by Gasteiger charge is -2.10. The zero-order valence-electron chi connectivity index (χ0n) is 8.04. The van der Waals surface area contributed by atoms with Gasteiger partial charge in [0, 0.05) is 0 Å². The average Bonchev–Trinajstić information content (AvgIpc) is 2.14. The van der Waals surface area contributed by atoms with Crippen LogP contribution < -0.4 is 0 Å². The monoisotopic (exact) mass is 281 g/mol. The molecule has 0 bridgehead atoms. The van der Waals surface area contributed by atoms with Crippen LogP contribution >= 0.6 is 34.8 Å². The molecule has 16 heavy (non-hydrogen) atoms. The molecule has 0 atom stereocenters. The highest BCUT2D eigenvalue weighted by molar-refractivity contribution is 6.66. The van der Waals surface area contributed by atoms with Gasteiger partial charge in [0.1, 0.15) is 5.82 Å². The molecule has 0 amide bonds. The van der Waals surface area contributed by atoms with Crippen LogP contribution in [0.4, 0.5) is 0 Å². The van der Waals surface area contributed by atoms with E-state index in [0.29, 0.717) is 0 Å². The Morgan fingerprint density at radius 3 is 2.31 bits per heavy atom. The highest BCUT2D eigenvalue weighted by atomic mass is 35.6. The largest absolute Gasteiger partial charge is 0.478 e. The first kappa shape index (κ1) is 13.2. The van der Waals surface area contributed by atoms with E-state index >= 15 is 0 Å². The highest BCUT2D eigenvalue weighted by Gasteiger charge is 2.28. The third kappa shape index (κ3) is 3.04. The number of rotatable bonds is 2. The smallest absolute Gasteiger partial charge is 0.338 e. The Bertz CT molecular complexity index is 456. The second kappa shape index (κ2) is 4.53. The van der Waals surface area contributed by atoms with Crippen LogP contribution in [0.1, 0.15) is 17.5 Å². The molecule has 1 heterocycles. The minimum atomic E-state index is -1.83. The highest BCUT2D eigenvalue weighted by Crippen LogP contribution is 2.35. The third-order valence-corrected chi connectivity index (χ3v) is 2.04. The van der Waals surface area contributed by atoms with E-state index in [1.165, 1.54) is 6.92 Å². The molecule has 1 N–H and O–H groups in total. The van der Waals surface area contributed by atoms with Gasteiger partial charge in [-0.3, -0.25) is 0 Å². The van der Waals surface area contributed by atoms with Gasteiger partial charge in [0.05, 0.1) is 5.57 Å². The molecule has 0 radical (unpaired) electrons. The van der Waals surface area contributed by atoms with Crippen LogP contribution in [-0.2, 0) is 8.59 Å². The summed E-state index contributed by atoms with van der Waals surface area (Å²) in [6.07, 6.45) is 0. The summed E-state index contributed by atoms with van der Waals surface area (Å²) in [5.74, 6) is -1.27. The van der Waals surface area contributed by atoms with E-state index in [0.717, 1.165) is 0 Å². The Balaban J connectivity index is 3.29.